The third kappa shape index (κ3) is 3.90. The van der Waals surface area contributed by atoms with Gasteiger partial charge >= 0.3 is 0 Å². The molecule has 4 bridgehead atoms. The molecule has 0 unspecified atom stereocenters. The molecule has 0 atom stereocenters. The number of carbonyl (C=O) groups excluding carboxylic acids is 2. The lowest BCUT2D eigenvalue weighted by Crippen LogP contribution is -2.58. The molecule has 0 N–H and O–H groups in total. The third-order valence-corrected chi connectivity index (χ3v) is 10.4. The molecule has 8 nitrogen and oxygen atoms in total. The maximum Gasteiger partial charge on any atom is 0.254 e. The van der Waals surface area contributed by atoms with Gasteiger partial charge in [-0.25, -0.2) is 12.7 Å². The minimum atomic E-state index is -3.76. The molecule has 186 valence electrons. The average molecular weight is 490 g/mol. The highest BCUT2D eigenvalue weighted by Crippen LogP contribution is 2.60. The first-order valence-electron chi connectivity index (χ1n) is 12.3. The van der Waals surface area contributed by atoms with Crippen molar-refractivity contribution in [2.75, 3.05) is 47.4 Å². The second kappa shape index (κ2) is 8.52. The number of carbonyl (C=O) groups is 2. The predicted molar refractivity (Wildman–Crippen MR) is 127 cm³/mol. The monoisotopic (exact) mass is 489 g/mol. The normalized spacial score (nSPS) is 30.6. The van der Waals surface area contributed by atoms with Crippen LogP contribution in [-0.2, 0) is 14.8 Å². The van der Waals surface area contributed by atoms with E-state index in [1.807, 2.05) is 4.90 Å². The van der Waals surface area contributed by atoms with Crippen LogP contribution in [0.3, 0.4) is 0 Å². The van der Waals surface area contributed by atoms with Gasteiger partial charge in [0.1, 0.15) is 10.6 Å². The summed E-state index contributed by atoms with van der Waals surface area (Å²) in [5.41, 5.74) is 0.147. The molecule has 9 heteroatoms. The van der Waals surface area contributed by atoms with E-state index in [1.54, 1.807) is 11.0 Å². The zero-order valence-electron chi connectivity index (χ0n) is 20.3. The second-order valence-electron chi connectivity index (χ2n) is 10.9. The van der Waals surface area contributed by atoms with Gasteiger partial charge in [0.2, 0.25) is 15.9 Å². The van der Waals surface area contributed by atoms with E-state index in [4.69, 9.17) is 4.74 Å². The molecule has 34 heavy (non-hydrogen) atoms. The van der Waals surface area contributed by atoms with Crippen molar-refractivity contribution >= 4 is 21.8 Å². The summed E-state index contributed by atoms with van der Waals surface area (Å²) in [5.74, 6) is 2.46. The van der Waals surface area contributed by atoms with Crippen LogP contribution in [-0.4, -0.2) is 81.7 Å². The number of methoxy groups -OCH3 is 1. The molecule has 1 heterocycles. The third-order valence-electron chi connectivity index (χ3n) is 8.52. The zero-order chi connectivity index (χ0) is 24.3. The predicted octanol–water partition coefficient (Wildman–Crippen LogP) is 2.45. The molecular weight excluding hydrogens is 454 g/mol. The molecule has 6 rings (SSSR count). The van der Waals surface area contributed by atoms with Gasteiger partial charge in [0.05, 0.1) is 12.5 Å². The number of nitrogens with zero attached hydrogens (tertiary/aromatic N) is 3. The number of piperazine rings is 1. The van der Waals surface area contributed by atoms with Crippen molar-refractivity contribution in [1.82, 2.24) is 14.1 Å². The highest BCUT2D eigenvalue weighted by atomic mass is 32.2. The van der Waals surface area contributed by atoms with Crippen LogP contribution in [0.1, 0.15) is 48.9 Å². The Labute approximate surface area is 202 Å². The number of amides is 2. The maximum absolute atomic E-state index is 13.6. The van der Waals surface area contributed by atoms with Crippen molar-refractivity contribution < 1.29 is 22.7 Å². The summed E-state index contributed by atoms with van der Waals surface area (Å²) in [5, 5.41) is 0. The quantitative estimate of drug-likeness (QED) is 0.634. The van der Waals surface area contributed by atoms with E-state index >= 15 is 0 Å². The van der Waals surface area contributed by atoms with Crippen molar-refractivity contribution in [3.63, 3.8) is 0 Å². The largest absolute Gasteiger partial charge is 0.495 e. The molecule has 1 aliphatic heterocycles. The number of benzene rings is 1. The fourth-order valence-corrected chi connectivity index (χ4v) is 8.29. The Kier molecular flexibility index (Phi) is 5.91. The van der Waals surface area contributed by atoms with Gasteiger partial charge in [0.25, 0.3) is 5.91 Å². The lowest BCUT2D eigenvalue weighted by molar-refractivity contribution is -0.159. The Balaban J connectivity index is 1.27. The van der Waals surface area contributed by atoms with Gasteiger partial charge in [-0.3, -0.25) is 9.59 Å². The van der Waals surface area contributed by atoms with E-state index in [0.717, 1.165) is 41.3 Å². The van der Waals surface area contributed by atoms with Crippen molar-refractivity contribution in [3.8, 4) is 5.75 Å². The zero-order valence-corrected chi connectivity index (χ0v) is 21.1. The second-order valence-corrected chi connectivity index (χ2v) is 13.1. The SMILES string of the molecule is COc1ccc(C(=O)N2CCN(C(=O)C34CC5CC(CC(C5)C3)C4)CC2)cc1S(=O)(=O)N(C)C. The van der Waals surface area contributed by atoms with Crippen LogP contribution in [0.15, 0.2) is 23.1 Å². The summed E-state index contributed by atoms with van der Waals surface area (Å²) in [4.78, 5) is 30.5. The first kappa shape index (κ1) is 23.6. The van der Waals surface area contributed by atoms with Crippen molar-refractivity contribution in [2.24, 2.45) is 23.2 Å². The first-order chi connectivity index (χ1) is 16.1. The number of hydrogen-bond donors (Lipinski definition) is 0. The summed E-state index contributed by atoms with van der Waals surface area (Å²) >= 11 is 0. The van der Waals surface area contributed by atoms with E-state index in [0.29, 0.717) is 37.6 Å². The van der Waals surface area contributed by atoms with E-state index in [1.165, 1.54) is 52.6 Å². The number of rotatable bonds is 5. The smallest absolute Gasteiger partial charge is 0.254 e. The minimum absolute atomic E-state index is 0.0264. The molecule has 0 radical (unpaired) electrons. The highest BCUT2D eigenvalue weighted by molar-refractivity contribution is 7.89. The Morgan fingerprint density at radius 2 is 1.47 bits per heavy atom. The van der Waals surface area contributed by atoms with Gasteiger partial charge in [-0.15, -0.1) is 0 Å². The van der Waals surface area contributed by atoms with Gasteiger partial charge in [-0.1, -0.05) is 0 Å². The number of sulfonamides is 1. The molecule has 1 aromatic carbocycles. The summed E-state index contributed by atoms with van der Waals surface area (Å²) in [6, 6.07) is 4.52. The molecule has 4 aliphatic carbocycles. The Morgan fingerprint density at radius 3 is 1.97 bits per heavy atom. The topological polar surface area (TPSA) is 87.2 Å². The highest BCUT2D eigenvalue weighted by Gasteiger charge is 2.55. The van der Waals surface area contributed by atoms with Gasteiger partial charge in [0.15, 0.2) is 0 Å². The Bertz CT molecular complexity index is 1060. The molecule has 5 fully saturated rings. The van der Waals surface area contributed by atoms with E-state index in [2.05, 4.69) is 0 Å². The standard InChI is InChI=1S/C25H35N3O5S/c1-26(2)34(31,32)22-13-20(4-5-21(22)33-3)23(29)27-6-8-28(9-7-27)24(30)25-14-17-10-18(15-25)12-19(11-17)16-25/h4-5,13,17-19H,6-12,14-16H2,1-3H3. The van der Waals surface area contributed by atoms with Gasteiger partial charge in [-0.2, -0.15) is 0 Å². The molecule has 5 aliphatic rings. The lowest BCUT2D eigenvalue weighted by Gasteiger charge is -2.57. The summed E-state index contributed by atoms with van der Waals surface area (Å²) < 4.78 is 31.8. The van der Waals surface area contributed by atoms with Gasteiger partial charge < -0.3 is 14.5 Å². The van der Waals surface area contributed by atoms with Crippen LogP contribution < -0.4 is 4.74 Å². The van der Waals surface area contributed by atoms with Gasteiger partial charge in [-0.05, 0) is 74.5 Å². The summed E-state index contributed by atoms with van der Waals surface area (Å²) in [7, 11) is 0.540. The fourth-order valence-electron chi connectivity index (χ4n) is 7.21. The van der Waals surface area contributed by atoms with Crippen molar-refractivity contribution in [1.29, 1.82) is 0 Å². The first-order valence-corrected chi connectivity index (χ1v) is 13.8. The van der Waals surface area contributed by atoms with Crippen molar-refractivity contribution in [2.45, 2.75) is 43.4 Å². The van der Waals surface area contributed by atoms with Crippen LogP contribution in [0, 0.1) is 23.2 Å². The van der Waals surface area contributed by atoms with Crippen LogP contribution in [0.5, 0.6) is 5.75 Å². The molecular formula is C25H35N3O5S. The molecule has 4 saturated carbocycles. The summed E-state index contributed by atoms with van der Waals surface area (Å²) in [6.45, 7) is 1.98. The van der Waals surface area contributed by atoms with Crippen LogP contribution in [0.25, 0.3) is 0 Å². The molecule has 0 aromatic heterocycles. The average Bonchev–Trinajstić information content (AvgIpc) is 2.82. The molecule has 1 saturated heterocycles. The minimum Gasteiger partial charge on any atom is -0.495 e. The fraction of sp³-hybridized carbons (Fsp3) is 0.680. The number of hydrogen-bond acceptors (Lipinski definition) is 5. The van der Waals surface area contributed by atoms with Crippen LogP contribution in [0.2, 0.25) is 0 Å². The van der Waals surface area contributed by atoms with Gasteiger partial charge in [0, 0.05) is 45.8 Å². The maximum atomic E-state index is 13.6. The van der Waals surface area contributed by atoms with E-state index < -0.39 is 10.0 Å². The molecule has 2 amide bonds. The van der Waals surface area contributed by atoms with Crippen LogP contribution in [0.4, 0.5) is 0 Å². The van der Waals surface area contributed by atoms with E-state index in [-0.39, 0.29) is 22.0 Å². The molecule has 1 aromatic rings. The number of ether oxygens (including phenoxy) is 1. The van der Waals surface area contributed by atoms with Crippen LogP contribution >= 0.6 is 0 Å². The Morgan fingerprint density at radius 1 is 0.941 bits per heavy atom. The summed E-state index contributed by atoms with van der Waals surface area (Å²) in [6.07, 6.45) is 7.07. The van der Waals surface area contributed by atoms with Crippen molar-refractivity contribution in [3.05, 3.63) is 23.8 Å². The lowest BCUT2D eigenvalue weighted by atomic mass is 9.49. The molecule has 0 spiro atoms. The Hall–Kier alpha value is -2.13. The van der Waals surface area contributed by atoms with E-state index in [9.17, 15) is 18.0 Å².